The minimum Gasteiger partial charge on any atom is -0.348 e. The van der Waals surface area contributed by atoms with Gasteiger partial charge in [-0.15, -0.1) is 5.10 Å². The van der Waals surface area contributed by atoms with Crippen molar-refractivity contribution in [3.8, 4) is 0 Å². The van der Waals surface area contributed by atoms with Gasteiger partial charge in [-0.05, 0) is 25.3 Å². The van der Waals surface area contributed by atoms with Crippen LogP contribution in [0.25, 0.3) is 4.96 Å². The molecule has 0 bridgehead atoms. The van der Waals surface area contributed by atoms with Crippen molar-refractivity contribution in [1.82, 2.24) is 19.9 Å². The third kappa shape index (κ3) is 3.20. The molecule has 0 aliphatic carbocycles. The first kappa shape index (κ1) is 16.7. The molecule has 134 valence electrons. The van der Waals surface area contributed by atoms with Crippen LogP contribution in [0, 0.1) is 6.92 Å². The van der Waals surface area contributed by atoms with Crippen LogP contribution in [-0.2, 0) is 6.54 Å². The van der Waals surface area contributed by atoms with Gasteiger partial charge in [0.1, 0.15) is 5.56 Å². The molecule has 4 rings (SSSR count). The third-order valence-electron chi connectivity index (χ3n) is 4.47. The predicted molar refractivity (Wildman–Crippen MR) is 101 cm³/mol. The molecule has 0 saturated carbocycles. The van der Waals surface area contributed by atoms with Gasteiger partial charge in [0.2, 0.25) is 10.1 Å². The van der Waals surface area contributed by atoms with Gasteiger partial charge in [-0.3, -0.25) is 9.59 Å². The average molecular weight is 369 g/mol. The number of aromatic nitrogens is 3. The smallest absolute Gasteiger partial charge is 0.288 e. The standard InChI is InChI=1S/C18H19N5O2S/c1-12-4-6-13(7-5-12)10-19-15(24)14-11-20-17-23(16(14)25)21-18(26-17)22-8-2-3-9-22/h4-7,11H,2-3,8-10H2,1H3,(H,19,24). The number of aryl methyl sites for hydroxylation is 1. The van der Waals surface area contributed by atoms with E-state index < -0.39 is 11.5 Å². The Morgan fingerprint density at radius 2 is 1.96 bits per heavy atom. The van der Waals surface area contributed by atoms with Crippen LogP contribution in [0.2, 0.25) is 0 Å². The highest BCUT2D eigenvalue weighted by Gasteiger charge is 2.20. The minimum atomic E-state index is -0.437. The fourth-order valence-corrected chi connectivity index (χ4v) is 3.86. The van der Waals surface area contributed by atoms with Gasteiger partial charge in [0.15, 0.2) is 0 Å². The summed E-state index contributed by atoms with van der Waals surface area (Å²) in [5, 5.41) is 7.93. The van der Waals surface area contributed by atoms with Gasteiger partial charge in [0, 0.05) is 25.8 Å². The van der Waals surface area contributed by atoms with E-state index in [0.29, 0.717) is 11.5 Å². The molecule has 1 aromatic carbocycles. The lowest BCUT2D eigenvalue weighted by Crippen LogP contribution is -2.31. The number of amides is 1. The molecule has 1 aliphatic heterocycles. The molecule has 3 aromatic rings. The second kappa shape index (κ2) is 6.87. The maximum Gasteiger partial charge on any atom is 0.288 e. The molecule has 1 aliphatic rings. The number of hydrogen-bond acceptors (Lipinski definition) is 6. The summed E-state index contributed by atoms with van der Waals surface area (Å²) in [5.41, 5.74) is 1.71. The zero-order chi connectivity index (χ0) is 18.1. The van der Waals surface area contributed by atoms with E-state index in [2.05, 4.69) is 20.3 Å². The van der Waals surface area contributed by atoms with E-state index in [1.807, 2.05) is 31.2 Å². The second-order valence-corrected chi connectivity index (χ2v) is 7.35. The van der Waals surface area contributed by atoms with Crippen molar-refractivity contribution in [3.05, 3.63) is 57.5 Å². The first-order valence-corrected chi connectivity index (χ1v) is 9.41. The molecule has 1 fully saturated rings. The van der Waals surface area contributed by atoms with Gasteiger partial charge < -0.3 is 10.2 Å². The number of hydrogen-bond donors (Lipinski definition) is 1. The monoisotopic (exact) mass is 369 g/mol. The maximum absolute atomic E-state index is 12.6. The quantitative estimate of drug-likeness (QED) is 0.761. The predicted octanol–water partition coefficient (Wildman–Crippen LogP) is 1.99. The number of carbonyl (C=O) groups excluding carboxylic acids is 1. The molecule has 7 nitrogen and oxygen atoms in total. The summed E-state index contributed by atoms with van der Waals surface area (Å²) in [6, 6.07) is 7.87. The fraction of sp³-hybridized carbons (Fsp3) is 0.333. The SMILES string of the molecule is Cc1ccc(CNC(=O)c2cnc3sc(N4CCCC4)nn3c2=O)cc1. The molecule has 0 spiro atoms. The Bertz CT molecular complexity index is 1000. The van der Waals surface area contributed by atoms with Gasteiger partial charge in [-0.1, -0.05) is 41.2 Å². The summed E-state index contributed by atoms with van der Waals surface area (Å²) in [6.07, 6.45) is 3.60. The highest BCUT2D eigenvalue weighted by Crippen LogP contribution is 2.24. The second-order valence-electron chi connectivity index (χ2n) is 6.42. The number of benzene rings is 1. The number of nitrogens with one attached hydrogen (secondary N) is 1. The highest BCUT2D eigenvalue weighted by molar-refractivity contribution is 7.20. The molecule has 0 atom stereocenters. The summed E-state index contributed by atoms with van der Waals surface area (Å²) in [7, 11) is 0. The number of anilines is 1. The van der Waals surface area contributed by atoms with E-state index in [4.69, 9.17) is 0 Å². The van der Waals surface area contributed by atoms with Crippen LogP contribution in [0.4, 0.5) is 5.13 Å². The average Bonchev–Trinajstić information content (AvgIpc) is 3.31. The molecular weight excluding hydrogens is 350 g/mol. The largest absolute Gasteiger partial charge is 0.348 e. The van der Waals surface area contributed by atoms with Gasteiger partial charge in [-0.2, -0.15) is 4.52 Å². The summed E-state index contributed by atoms with van der Waals surface area (Å²) in [4.78, 5) is 32.0. The zero-order valence-corrected chi connectivity index (χ0v) is 15.3. The molecule has 2 aromatic heterocycles. The van der Waals surface area contributed by atoms with Crippen LogP contribution in [0.15, 0.2) is 35.3 Å². The van der Waals surface area contributed by atoms with Gasteiger partial charge in [0.25, 0.3) is 11.5 Å². The lowest BCUT2D eigenvalue weighted by molar-refractivity contribution is 0.0948. The Hall–Kier alpha value is -2.74. The van der Waals surface area contributed by atoms with Crippen molar-refractivity contribution >= 4 is 27.3 Å². The third-order valence-corrected chi connectivity index (χ3v) is 5.45. The number of carbonyl (C=O) groups is 1. The fourth-order valence-electron chi connectivity index (χ4n) is 2.95. The topological polar surface area (TPSA) is 79.6 Å². The van der Waals surface area contributed by atoms with Crippen LogP contribution in [0.1, 0.15) is 34.3 Å². The van der Waals surface area contributed by atoms with Crippen LogP contribution in [0.3, 0.4) is 0 Å². The van der Waals surface area contributed by atoms with Gasteiger partial charge in [0.05, 0.1) is 0 Å². The molecule has 0 unspecified atom stereocenters. The van der Waals surface area contributed by atoms with Crippen molar-refractivity contribution in [2.24, 2.45) is 0 Å². The van der Waals surface area contributed by atoms with Gasteiger partial charge >= 0.3 is 0 Å². The van der Waals surface area contributed by atoms with Crippen LogP contribution < -0.4 is 15.8 Å². The Labute approximate surface area is 154 Å². The first-order valence-electron chi connectivity index (χ1n) is 8.59. The van der Waals surface area contributed by atoms with E-state index in [9.17, 15) is 9.59 Å². The molecule has 8 heteroatoms. The minimum absolute atomic E-state index is 0.00730. The maximum atomic E-state index is 12.6. The van der Waals surface area contributed by atoms with Crippen molar-refractivity contribution in [2.75, 3.05) is 18.0 Å². The number of rotatable bonds is 4. The van der Waals surface area contributed by atoms with E-state index in [1.165, 1.54) is 22.0 Å². The van der Waals surface area contributed by atoms with Gasteiger partial charge in [-0.25, -0.2) is 4.98 Å². The highest BCUT2D eigenvalue weighted by atomic mass is 32.1. The van der Waals surface area contributed by atoms with Crippen LogP contribution in [0.5, 0.6) is 0 Å². The molecule has 0 radical (unpaired) electrons. The zero-order valence-electron chi connectivity index (χ0n) is 14.4. The van der Waals surface area contributed by atoms with Crippen LogP contribution in [-0.4, -0.2) is 33.6 Å². The molecule has 26 heavy (non-hydrogen) atoms. The van der Waals surface area contributed by atoms with E-state index in [-0.39, 0.29) is 5.56 Å². The van der Waals surface area contributed by atoms with E-state index >= 15 is 0 Å². The summed E-state index contributed by atoms with van der Waals surface area (Å²) >= 11 is 1.38. The summed E-state index contributed by atoms with van der Waals surface area (Å²) < 4.78 is 1.24. The molecule has 1 amide bonds. The molecular formula is C18H19N5O2S. The van der Waals surface area contributed by atoms with Crippen molar-refractivity contribution < 1.29 is 4.79 Å². The number of nitrogens with zero attached hydrogens (tertiary/aromatic N) is 4. The summed E-state index contributed by atoms with van der Waals surface area (Å²) in [6.45, 7) is 4.25. The molecule has 1 saturated heterocycles. The first-order chi connectivity index (χ1) is 12.6. The lowest BCUT2D eigenvalue weighted by Gasteiger charge is -2.10. The Morgan fingerprint density at radius 1 is 1.23 bits per heavy atom. The van der Waals surface area contributed by atoms with Crippen molar-refractivity contribution in [1.29, 1.82) is 0 Å². The Balaban J connectivity index is 1.55. The Kier molecular flexibility index (Phi) is 4.42. The lowest BCUT2D eigenvalue weighted by atomic mass is 10.1. The Morgan fingerprint density at radius 3 is 2.69 bits per heavy atom. The summed E-state index contributed by atoms with van der Waals surface area (Å²) in [5.74, 6) is -0.437. The van der Waals surface area contributed by atoms with Crippen molar-refractivity contribution in [2.45, 2.75) is 26.3 Å². The van der Waals surface area contributed by atoms with E-state index in [0.717, 1.165) is 42.2 Å². The normalized spacial score (nSPS) is 14.1. The van der Waals surface area contributed by atoms with E-state index in [1.54, 1.807) is 0 Å². The molecule has 1 N–H and O–H groups in total. The molecule has 3 heterocycles. The number of fused-ring (bicyclic) bond motifs is 1. The van der Waals surface area contributed by atoms with Crippen molar-refractivity contribution in [3.63, 3.8) is 0 Å². The van der Waals surface area contributed by atoms with Crippen LogP contribution >= 0.6 is 11.3 Å².